The van der Waals surface area contributed by atoms with Crippen molar-refractivity contribution in [3.8, 4) is 17.1 Å². The van der Waals surface area contributed by atoms with Crippen LogP contribution in [0.25, 0.3) is 11.4 Å². The van der Waals surface area contributed by atoms with Gasteiger partial charge < -0.3 is 14.5 Å². The van der Waals surface area contributed by atoms with Gasteiger partial charge in [0.25, 0.3) is 0 Å². The van der Waals surface area contributed by atoms with E-state index < -0.39 is 11.8 Å². The first-order chi connectivity index (χ1) is 9.08. The Balaban J connectivity index is 2.57. The fourth-order valence-electron chi connectivity index (χ4n) is 1.78. The fraction of sp³-hybridized carbons (Fsp3) is 0.231. The van der Waals surface area contributed by atoms with Gasteiger partial charge in [0.15, 0.2) is 5.69 Å². The number of H-pyrrole nitrogens is 1. The van der Waals surface area contributed by atoms with Gasteiger partial charge in [0.2, 0.25) is 0 Å². The summed E-state index contributed by atoms with van der Waals surface area (Å²) in [7, 11) is 2.70. The maximum atomic E-state index is 13.9. The lowest BCUT2D eigenvalue weighted by Crippen LogP contribution is -2.03. The normalized spacial score (nSPS) is 10.3. The summed E-state index contributed by atoms with van der Waals surface area (Å²) in [6.45, 7) is 1.66. The molecule has 0 radical (unpaired) electrons. The first kappa shape index (κ1) is 13.1. The third-order valence-electron chi connectivity index (χ3n) is 2.70. The van der Waals surface area contributed by atoms with Gasteiger partial charge in [-0.15, -0.1) is 0 Å². The highest BCUT2D eigenvalue weighted by atomic mass is 19.1. The largest absolute Gasteiger partial charge is 0.496 e. The highest BCUT2D eigenvalue weighted by Crippen LogP contribution is 2.31. The van der Waals surface area contributed by atoms with Crippen molar-refractivity contribution in [3.63, 3.8) is 0 Å². The molecule has 0 amide bonds. The Kier molecular flexibility index (Phi) is 3.50. The molecule has 19 heavy (non-hydrogen) atoms. The first-order valence-electron chi connectivity index (χ1n) is 5.56. The molecule has 0 aliphatic rings. The molecule has 0 spiro atoms. The van der Waals surface area contributed by atoms with E-state index in [2.05, 4.69) is 14.7 Å². The topological polar surface area (TPSA) is 64.2 Å². The van der Waals surface area contributed by atoms with Crippen LogP contribution in [0.3, 0.4) is 0 Å². The molecule has 1 aromatic carbocycles. The number of nitrogens with zero attached hydrogens (tertiary/aromatic N) is 1. The number of methoxy groups -OCH3 is 2. The molecule has 0 unspecified atom stereocenters. The minimum absolute atomic E-state index is 0.128. The second-order valence-electron chi connectivity index (χ2n) is 3.87. The molecule has 0 fully saturated rings. The number of hydrogen-bond donors (Lipinski definition) is 1. The summed E-state index contributed by atoms with van der Waals surface area (Å²) in [6.07, 6.45) is 0. The quantitative estimate of drug-likeness (QED) is 0.864. The maximum absolute atomic E-state index is 13.9. The number of esters is 1. The van der Waals surface area contributed by atoms with Crippen molar-refractivity contribution in [3.05, 3.63) is 35.4 Å². The number of benzene rings is 1. The van der Waals surface area contributed by atoms with Crippen LogP contribution in [0.1, 0.15) is 16.2 Å². The zero-order valence-electron chi connectivity index (χ0n) is 10.8. The third-order valence-corrected chi connectivity index (χ3v) is 2.70. The number of halogens is 1. The molecule has 0 saturated heterocycles. The number of carbonyl (C=O) groups is 1. The van der Waals surface area contributed by atoms with Crippen molar-refractivity contribution < 1.29 is 18.7 Å². The molecule has 0 aliphatic heterocycles. The Hall–Kier alpha value is -2.37. The van der Waals surface area contributed by atoms with E-state index in [-0.39, 0.29) is 17.1 Å². The van der Waals surface area contributed by atoms with Crippen LogP contribution >= 0.6 is 0 Å². The average Bonchev–Trinajstić information content (AvgIpc) is 2.79. The van der Waals surface area contributed by atoms with E-state index in [0.717, 1.165) is 0 Å². The van der Waals surface area contributed by atoms with Crippen molar-refractivity contribution in [2.45, 2.75) is 6.92 Å². The average molecular weight is 264 g/mol. The van der Waals surface area contributed by atoms with Gasteiger partial charge in [0.1, 0.15) is 17.4 Å². The van der Waals surface area contributed by atoms with E-state index in [4.69, 9.17) is 4.74 Å². The molecule has 100 valence electrons. The SMILES string of the molecule is COC(=O)c1nc(-c2c(F)cccc2OC)[nH]c1C. The second kappa shape index (κ2) is 5.09. The van der Waals surface area contributed by atoms with E-state index in [1.807, 2.05) is 0 Å². The summed E-state index contributed by atoms with van der Waals surface area (Å²) in [5.74, 6) is -0.488. The number of aryl methyl sites for hydroxylation is 1. The molecule has 0 atom stereocenters. The lowest BCUT2D eigenvalue weighted by molar-refractivity contribution is 0.0594. The molecule has 6 heteroatoms. The minimum atomic E-state index is -0.574. The maximum Gasteiger partial charge on any atom is 0.358 e. The zero-order valence-corrected chi connectivity index (χ0v) is 10.8. The zero-order chi connectivity index (χ0) is 14.0. The van der Waals surface area contributed by atoms with Crippen molar-refractivity contribution in [2.75, 3.05) is 14.2 Å². The minimum Gasteiger partial charge on any atom is -0.496 e. The second-order valence-corrected chi connectivity index (χ2v) is 3.87. The van der Waals surface area contributed by atoms with Crippen molar-refractivity contribution in [2.24, 2.45) is 0 Å². The summed E-state index contributed by atoms with van der Waals surface area (Å²) in [4.78, 5) is 18.4. The van der Waals surface area contributed by atoms with Gasteiger partial charge in [-0.3, -0.25) is 0 Å². The molecule has 1 aromatic heterocycles. The van der Waals surface area contributed by atoms with Crippen LogP contribution < -0.4 is 4.74 Å². The van der Waals surface area contributed by atoms with E-state index in [1.54, 1.807) is 13.0 Å². The molecule has 2 aromatic rings. The molecule has 2 rings (SSSR count). The van der Waals surface area contributed by atoms with Gasteiger partial charge in [-0.05, 0) is 19.1 Å². The lowest BCUT2D eigenvalue weighted by Gasteiger charge is -2.06. The third kappa shape index (κ3) is 2.29. The number of ether oxygens (including phenoxy) is 2. The summed E-state index contributed by atoms with van der Waals surface area (Å²) < 4.78 is 23.6. The van der Waals surface area contributed by atoms with Crippen LogP contribution in [0.5, 0.6) is 5.75 Å². The van der Waals surface area contributed by atoms with Gasteiger partial charge in [0, 0.05) is 5.69 Å². The smallest absolute Gasteiger partial charge is 0.358 e. The van der Waals surface area contributed by atoms with Crippen LogP contribution in [0.4, 0.5) is 4.39 Å². The molecule has 1 heterocycles. The van der Waals surface area contributed by atoms with Gasteiger partial charge >= 0.3 is 5.97 Å². The first-order valence-corrected chi connectivity index (χ1v) is 5.56. The van der Waals surface area contributed by atoms with Crippen LogP contribution in [-0.2, 0) is 4.74 Å². The van der Waals surface area contributed by atoms with E-state index in [1.165, 1.54) is 26.4 Å². The van der Waals surface area contributed by atoms with Crippen molar-refractivity contribution in [1.29, 1.82) is 0 Å². The van der Waals surface area contributed by atoms with Crippen LogP contribution in [0, 0.1) is 12.7 Å². The summed E-state index contributed by atoms with van der Waals surface area (Å²) >= 11 is 0. The molecule has 0 aliphatic carbocycles. The Morgan fingerprint density at radius 1 is 1.37 bits per heavy atom. The number of aromatic nitrogens is 2. The number of aromatic amines is 1. The Labute approximate surface area is 109 Å². The van der Waals surface area contributed by atoms with Crippen molar-refractivity contribution in [1.82, 2.24) is 9.97 Å². The molecule has 5 nitrogen and oxygen atoms in total. The fourth-order valence-corrected chi connectivity index (χ4v) is 1.78. The van der Waals surface area contributed by atoms with Gasteiger partial charge in [-0.2, -0.15) is 0 Å². The highest BCUT2D eigenvalue weighted by Gasteiger charge is 2.20. The molecule has 0 saturated carbocycles. The van der Waals surface area contributed by atoms with E-state index in [0.29, 0.717) is 11.4 Å². The Bertz CT molecular complexity index is 622. The highest BCUT2D eigenvalue weighted by molar-refractivity contribution is 5.89. The van der Waals surface area contributed by atoms with E-state index >= 15 is 0 Å². The number of carbonyl (C=O) groups excluding carboxylic acids is 1. The van der Waals surface area contributed by atoms with Gasteiger partial charge in [-0.25, -0.2) is 14.2 Å². The lowest BCUT2D eigenvalue weighted by atomic mass is 10.2. The number of rotatable bonds is 3. The number of nitrogens with one attached hydrogen (secondary N) is 1. The molecule has 1 N–H and O–H groups in total. The number of imidazole rings is 1. The Morgan fingerprint density at radius 2 is 2.11 bits per heavy atom. The summed E-state index contributed by atoms with van der Waals surface area (Å²) in [6, 6.07) is 4.45. The van der Waals surface area contributed by atoms with Gasteiger partial charge in [0.05, 0.1) is 19.8 Å². The molecule has 0 bridgehead atoms. The predicted molar refractivity (Wildman–Crippen MR) is 66.6 cm³/mol. The standard InChI is InChI=1S/C13H13FN2O3/c1-7-11(13(17)19-3)16-12(15-7)10-8(14)5-4-6-9(10)18-2/h4-6H,1-3H3,(H,15,16). The number of hydrogen-bond acceptors (Lipinski definition) is 4. The van der Waals surface area contributed by atoms with Crippen molar-refractivity contribution >= 4 is 5.97 Å². The predicted octanol–water partition coefficient (Wildman–Crippen LogP) is 2.32. The van der Waals surface area contributed by atoms with Crippen LogP contribution in [0.15, 0.2) is 18.2 Å². The van der Waals surface area contributed by atoms with Crippen LogP contribution in [0.2, 0.25) is 0 Å². The Morgan fingerprint density at radius 3 is 2.74 bits per heavy atom. The molecular formula is C13H13FN2O3. The van der Waals surface area contributed by atoms with Crippen LogP contribution in [-0.4, -0.2) is 30.2 Å². The van der Waals surface area contributed by atoms with Gasteiger partial charge in [-0.1, -0.05) is 6.07 Å². The summed E-state index contributed by atoms with van der Waals surface area (Å²) in [5, 5.41) is 0. The summed E-state index contributed by atoms with van der Waals surface area (Å²) in [5.41, 5.74) is 0.818. The monoisotopic (exact) mass is 264 g/mol. The molecular weight excluding hydrogens is 251 g/mol. The van der Waals surface area contributed by atoms with E-state index in [9.17, 15) is 9.18 Å².